The number of likely N-dealkylation sites (tertiary alicyclic amines) is 1. The molecule has 17 heteroatoms. The van der Waals surface area contributed by atoms with Gasteiger partial charge in [0.2, 0.25) is 0 Å². The summed E-state index contributed by atoms with van der Waals surface area (Å²) in [6.45, 7) is 3.11. The van der Waals surface area contributed by atoms with Gasteiger partial charge in [-0.3, -0.25) is 9.88 Å². The summed E-state index contributed by atoms with van der Waals surface area (Å²) in [6.07, 6.45) is -4.17. The first-order chi connectivity index (χ1) is 20.6. The molecular weight excluding hydrogens is 620 g/mol. The third-order valence-electron chi connectivity index (χ3n) is 6.43. The fraction of sp³-hybridized carbons (Fsp3) is 0.370. The van der Waals surface area contributed by atoms with E-state index in [1.807, 2.05) is 31.7 Å². The number of aliphatic carboxylic acids is 2. The first-order valence-electron chi connectivity index (χ1n) is 12.8. The van der Waals surface area contributed by atoms with Crippen molar-refractivity contribution >= 4 is 34.3 Å². The Balaban J connectivity index is 0.000000317. The molecule has 0 amide bonds. The molecule has 2 N–H and O–H groups in total. The number of carbonyl (C=O) groups is 2. The van der Waals surface area contributed by atoms with Crippen molar-refractivity contribution in [3.8, 4) is 17.0 Å². The van der Waals surface area contributed by atoms with Crippen LogP contribution in [0.4, 0.5) is 26.3 Å². The summed E-state index contributed by atoms with van der Waals surface area (Å²) in [5.74, 6) is -4.20. The van der Waals surface area contributed by atoms with Gasteiger partial charge >= 0.3 is 24.3 Å². The molecule has 1 aliphatic rings. The van der Waals surface area contributed by atoms with E-state index in [0.717, 1.165) is 60.5 Å². The van der Waals surface area contributed by atoms with Crippen molar-refractivity contribution in [3.05, 3.63) is 58.9 Å². The predicted molar refractivity (Wildman–Crippen MR) is 147 cm³/mol. The lowest BCUT2D eigenvalue weighted by molar-refractivity contribution is -0.193. The largest absolute Gasteiger partial charge is 0.497 e. The minimum atomic E-state index is -5.08. The number of thiazole rings is 1. The molecule has 4 aromatic rings. The van der Waals surface area contributed by atoms with Crippen LogP contribution in [-0.4, -0.2) is 79.1 Å². The predicted octanol–water partition coefficient (Wildman–Crippen LogP) is 5.75. The summed E-state index contributed by atoms with van der Waals surface area (Å²) in [5.41, 5.74) is 5.29. The van der Waals surface area contributed by atoms with Crippen molar-refractivity contribution in [2.45, 2.75) is 37.7 Å². The number of aromatic nitrogens is 4. The first-order valence-corrected chi connectivity index (χ1v) is 13.7. The first kappa shape index (κ1) is 34.2. The zero-order valence-electron chi connectivity index (χ0n) is 23.3. The molecule has 4 heterocycles. The van der Waals surface area contributed by atoms with Gasteiger partial charge in [0.15, 0.2) is 0 Å². The van der Waals surface area contributed by atoms with Crippen molar-refractivity contribution in [2.75, 3.05) is 20.2 Å². The standard InChI is InChI=1S/C23H25N5OS.2C2HF3O2/c1-27-15-25-23-20(27)13-19(26-22(23)17-3-5-18(29-2)6-4-17)16-7-10-28(11-8-16)14-21-24-9-12-30-21;2*3-2(4,5)1(6)7/h3-6,9,12-13,15-16H,7-8,10-11,14H2,1-2H3;2*(H,6,7). The van der Waals surface area contributed by atoms with Gasteiger partial charge in [0.05, 0.1) is 31.2 Å². The van der Waals surface area contributed by atoms with E-state index in [1.54, 1.807) is 18.4 Å². The van der Waals surface area contributed by atoms with Crippen LogP contribution in [0.5, 0.6) is 5.75 Å². The quantitative estimate of drug-likeness (QED) is 0.260. The molecule has 0 unspecified atom stereocenters. The second-order valence-corrected chi connectivity index (χ2v) is 10.4. The summed E-state index contributed by atoms with van der Waals surface area (Å²) < 4.78 is 70.9. The van der Waals surface area contributed by atoms with Crippen molar-refractivity contribution in [3.63, 3.8) is 0 Å². The number of imidazole rings is 1. The number of alkyl halides is 6. The Morgan fingerprint density at radius 2 is 1.57 bits per heavy atom. The average Bonchev–Trinajstić information content (AvgIpc) is 3.62. The lowest BCUT2D eigenvalue weighted by atomic mass is 9.92. The molecule has 44 heavy (non-hydrogen) atoms. The minimum absolute atomic E-state index is 0.467. The molecule has 1 aliphatic heterocycles. The highest BCUT2D eigenvalue weighted by Gasteiger charge is 2.38. The zero-order valence-corrected chi connectivity index (χ0v) is 24.1. The van der Waals surface area contributed by atoms with Crippen LogP contribution in [0.25, 0.3) is 22.3 Å². The van der Waals surface area contributed by atoms with Crippen LogP contribution in [0.15, 0.2) is 48.2 Å². The van der Waals surface area contributed by atoms with Crippen LogP contribution in [0.3, 0.4) is 0 Å². The number of ether oxygens (including phenoxy) is 1. The number of nitrogens with zero attached hydrogens (tertiary/aromatic N) is 5. The van der Waals surface area contributed by atoms with Crippen LogP contribution in [0.1, 0.15) is 29.5 Å². The van der Waals surface area contributed by atoms with Gasteiger partial charge in [0.25, 0.3) is 0 Å². The van der Waals surface area contributed by atoms with Gasteiger partial charge in [-0.2, -0.15) is 26.3 Å². The molecule has 1 saturated heterocycles. The Kier molecular flexibility index (Phi) is 11.3. The fourth-order valence-electron chi connectivity index (χ4n) is 4.22. The van der Waals surface area contributed by atoms with E-state index in [4.69, 9.17) is 29.5 Å². The van der Waals surface area contributed by atoms with Gasteiger partial charge in [-0.1, -0.05) is 0 Å². The smallest absolute Gasteiger partial charge is 0.490 e. The third kappa shape index (κ3) is 9.37. The molecule has 0 bridgehead atoms. The minimum Gasteiger partial charge on any atom is -0.497 e. The Labute approximate surface area is 250 Å². The van der Waals surface area contributed by atoms with Gasteiger partial charge in [-0.05, 0) is 56.3 Å². The Morgan fingerprint density at radius 3 is 2.05 bits per heavy atom. The number of benzene rings is 1. The van der Waals surface area contributed by atoms with Crippen LogP contribution in [0.2, 0.25) is 0 Å². The highest BCUT2D eigenvalue weighted by Crippen LogP contribution is 2.34. The number of hydrogen-bond acceptors (Lipinski definition) is 8. The van der Waals surface area contributed by atoms with Crippen LogP contribution in [0, 0.1) is 0 Å². The van der Waals surface area contributed by atoms with Crippen LogP contribution < -0.4 is 4.74 Å². The summed E-state index contributed by atoms with van der Waals surface area (Å²) in [6, 6.07) is 10.3. The Bertz CT molecular complexity index is 1510. The van der Waals surface area contributed by atoms with Gasteiger partial charge in [-0.15, -0.1) is 11.3 Å². The molecule has 0 radical (unpaired) electrons. The van der Waals surface area contributed by atoms with Gasteiger partial charge in [0, 0.05) is 35.8 Å². The number of pyridine rings is 1. The summed E-state index contributed by atoms with van der Waals surface area (Å²) in [4.78, 5) is 34.5. The van der Waals surface area contributed by atoms with Crippen LogP contribution in [-0.2, 0) is 23.2 Å². The SMILES string of the molecule is COc1ccc(-c2nc(C3CCN(Cc4nccs4)CC3)cc3c2ncn3C)cc1.O=C(O)C(F)(F)F.O=C(O)C(F)(F)F. The maximum Gasteiger partial charge on any atom is 0.490 e. The number of piperidine rings is 1. The maximum atomic E-state index is 10.6. The number of rotatable bonds is 5. The zero-order chi connectivity index (χ0) is 32.7. The van der Waals surface area contributed by atoms with E-state index >= 15 is 0 Å². The molecule has 1 aromatic carbocycles. The molecule has 10 nitrogen and oxygen atoms in total. The average molecular weight is 648 g/mol. The Morgan fingerprint density at radius 1 is 1.00 bits per heavy atom. The van der Waals surface area contributed by atoms with E-state index in [0.29, 0.717) is 5.92 Å². The van der Waals surface area contributed by atoms with E-state index < -0.39 is 24.3 Å². The number of carboxylic acid groups (broad SMARTS) is 2. The molecule has 3 aromatic heterocycles. The molecule has 238 valence electrons. The number of carboxylic acids is 2. The molecule has 5 rings (SSSR count). The summed E-state index contributed by atoms with van der Waals surface area (Å²) >= 11 is 1.74. The molecule has 0 saturated carbocycles. The van der Waals surface area contributed by atoms with Crippen molar-refractivity contribution in [2.24, 2.45) is 7.05 Å². The van der Waals surface area contributed by atoms with Gasteiger partial charge in [-0.25, -0.2) is 19.6 Å². The van der Waals surface area contributed by atoms with E-state index in [2.05, 4.69) is 43.0 Å². The highest BCUT2D eigenvalue weighted by atomic mass is 32.1. The maximum absolute atomic E-state index is 10.6. The summed E-state index contributed by atoms with van der Waals surface area (Å²) in [5, 5.41) is 17.5. The number of aryl methyl sites for hydroxylation is 1. The Hall–Kier alpha value is -4.25. The van der Waals surface area contributed by atoms with E-state index in [9.17, 15) is 26.3 Å². The molecule has 0 spiro atoms. The number of methoxy groups -OCH3 is 1. The second-order valence-electron chi connectivity index (χ2n) is 9.43. The third-order valence-corrected chi connectivity index (χ3v) is 7.19. The van der Waals surface area contributed by atoms with Gasteiger partial charge < -0.3 is 19.5 Å². The topological polar surface area (TPSA) is 131 Å². The van der Waals surface area contributed by atoms with Crippen molar-refractivity contribution in [1.29, 1.82) is 0 Å². The number of hydrogen-bond donors (Lipinski definition) is 2. The lowest BCUT2D eigenvalue weighted by Gasteiger charge is -2.31. The fourth-order valence-corrected chi connectivity index (χ4v) is 4.87. The van der Waals surface area contributed by atoms with Crippen molar-refractivity contribution in [1.82, 2.24) is 24.4 Å². The molecular formula is C27H27F6N5O5S. The molecule has 0 aliphatic carbocycles. The molecule has 0 atom stereocenters. The lowest BCUT2D eigenvalue weighted by Crippen LogP contribution is -2.32. The number of fused-ring (bicyclic) bond motifs is 1. The number of halogens is 6. The highest BCUT2D eigenvalue weighted by molar-refractivity contribution is 7.09. The summed E-state index contributed by atoms with van der Waals surface area (Å²) in [7, 11) is 3.74. The van der Waals surface area contributed by atoms with E-state index in [-0.39, 0.29) is 0 Å². The monoisotopic (exact) mass is 647 g/mol. The van der Waals surface area contributed by atoms with Crippen LogP contribution >= 0.6 is 11.3 Å². The van der Waals surface area contributed by atoms with Gasteiger partial charge in [0.1, 0.15) is 16.3 Å². The second kappa shape index (κ2) is 14.5. The molecule has 1 fully saturated rings. The normalized spacial score (nSPS) is 14.3. The van der Waals surface area contributed by atoms with E-state index in [1.165, 1.54) is 10.7 Å². The van der Waals surface area contributed by atoms with Crippen molar-refractivity contribution < 1.29 is 50.9 Å².